The minimum atomic E-state index is -3.38. The molecule has 0 saturated heterocycles. The predicted molar refractivity (Wildman–Crippen MR) is 78.8 cm³/mol. The fraction of sp³-hybridized carbons (Fsp3) is 0.600. The van der Waals surface area contributed by atoms with Crippen molar-refractivity contribution in [3.8, 4) is 0 Å². The Morgan fingerprint density at radius 2 is 1.70 bits per heavy atom. The van der Waals surface area contributed by atoms with Crippen LogP contribution in [0.25, 0.3) is 0 Å². The molecule has 3 rings (SSSR count). The summed E-state index contributed by atoms with van der Waals surface area (Å²) in [5.41, 5.74) is 2.31. The lowest BCUT2D eigenvalue weighted by Crippen LogP contribution is -2.34. The summed E-state index contributed by atoms with van der Waals surface area (Å²) in [6.45, 7) is 1.60. The lowest BCUT2D eigenvalue weighted by molar-refractivity contribution is 0.510. The van der Waals surface area contributed by atoms with E-state index in [1.807, 2.05) is 12.1 Å². The van der Waals surface area contributed by atoms with E-state index in [1.165, 1.54) is 18.4 Å². The molecule has 0 aromatic heterocycles. The van der Waals surface area contributed by atoms with Crippen LogP contribution in [0.15, 0.2) is 23.1 Å². The molecule has 5 heteroatoms. The van der Waals surface area contributed by atoms with E-state index in [1.54, 1.807) is 6.07 Å². The van der Waals surface area contributed by atoms with Crippen LogP contribution in [0.2, 0.25) is 0 Å². The van der Waals surface area contributed by atoms with Crippen molar-refractivity contribution in [3.05, 3.63) is 29.3 Å². The van der Waals surface area contributed by atoms with Crippen molar-refractivity contribution in [2.45, 2.75) is 62.6 Å². The Morgan fingerprint density at radius 1 is 1.00 bits per heavy atom. The first-order valence-electron chi connectivity index (χ1n) is 7.50. The zero-order chi connectivity index (χ0) is 14.0. The van der Waals surface area contributed by atoms with Gasteiger partial charge in [-0.1, -0.05) is 31.7 Å². The minimum Gasteiger partial charge on any atom is -0.309 e. The van der Waals surface area contributed by atoms with Gasteiger partial charge < -0.3 is 5.32 Å². The average molecular weight is 294 g/mol. The third-order valence-corrected chi connectivity index (χ3v) is 5.81. The van der Waals surface area contributed by atoms with E-state index >= 15 is 0 Å². The highest BCUT2D eigenvalue weighted by molar-refractivity contribution is 7.89. The molecular formula is C15H22N2O2S. The maximum absolute atomic E-state index is 12.5. The summed E-state index contributed by atoms with van der Waals surface area (Å²) in [6, 6.07) is 5.57. The molecule has 0 bridgehead atoms. The van der Waals surface area contributed by atoms with Crippen LogP contribution in [0.5, 0.6) is 0 Å². The first kappa shape index (κ1) is 14.0. The van der Waals surface area contributed by atoms with Crippen LogP contribution in [-0.4, -0.2) is 14.5 Å². The van der Waals surface area contributed by atoms with Gasteiger partial charge in [-0.25, -0.2) is 13.1 Å². The molecule has 2 aliphatic rings. The molecule has 2 N–H and O–H groups in total. The number of hydrogen-bond acceptors (Lipinski definition) is 3. The number of benzene rings is 1. The highest BCUT2D eigenvalue weighted by atomic mass is 32.2. The average Bonchev–Trinajstić information content (AvgIpc) is 2.75. The third-order valence-electron chi connectivity index (χ3n) is 4.30. The molecule has 4 nitrogen and oxygen atoms in total. The molecule has 0 radical (unpaired) electrons. The van der Waals surface area contributed by atoms with Crippen molar-refractivity contribution in [3.63, 3.8) is 0 Å². The molecule has 110 valence electrons. The van der Waals surface area contributed by atoms with Crippen LogP contribution in [0, 0.1) is 0 Å². The van der Waals surface area contributed by atoms with Crippen molar-refractivity contribution in [1.29, 1.82) is 0 Å². The van der Waals surface area contributed by atoms with Crippen molar-refractivity contribution < 1.29 is 8.42 Å². The van der Waals surface area contributed by atoms with Crippen molar-refractivity contribution >= 4 is 10.0 Å². The Bertz CT molecular complexity index is 576. The van der Waals surface area contributed by atoms with Gasteiger partial charge in [0.25, 0.3) is 0 Å². The Morgan fingerprint density at radius 3 is 2.45 bits per heavy atom. The fourth-order valence-electron chi connectivity index (χ4n) is 3.12. The molecule has 1 heterocycles. The summed E-state index contributed by atoms with van der Waals surface area (Å²) >= 11 is 0. The van der Waals surface area contributed by atoms with E-state index in [2.05, 4.69) is 10.0 Å². The number of sulfonamides is 1. The summed E-state index contributed by atoms with van der Waals surface area (Å²) in [5, 5.41) is 3.24. The van der Waals surface area contributed by atoms with Gasteiger partial charge in [-0.2, -0.15) is 0 Å². The Hall–Kier alpha value is -0.910. The van der Waals surface area contributed by atoms with Crippen LogP contribution in [0.4, 0.5) is 0 Å². The zero-order valence-electron chi connectivity index (χ0n) is 11.7. The molecule has 1 aromatic carbocycles. The number of nitrogens with one attached hydrogen (secondary N) is 2. The maximum Gasteiger partial charge on any atom is 0.240 e. The second-order valence-electron chi connectivity index (χ2n) is 5.84. The molecule has 20 heavy (non-hydrogen) atoms. The molecule has 1 aliphatic carbocycles. The number of rotatable bonds is 3. The molecule has 1 aliphatic heterocycles. The number of fused-ring (bicyclic) bond motifs is 1. The van der Waals surface area contributed by atoms with E-state index < -0.39 is 10.0 Å². The van der Waals surface area contributed by atoms with Crippen molar-refractivity contribution in [2.75, 3.05) is 0 Å². The van der Waals surface area contributed by atoms with Crippen LogP contribution in [0.1, 0.15) is 49.7 Å². The van der Waals surface area contributed by atoms with E-state index in [9.17, 15) is 8.42 Å². The van der Waals surface area contributed by atoms with Crippen LogP contribution >= 0.6 is 0 Å². The van der Waals surface area contributed by atoms with Gasteiger partial charge in [0.05, 0.1) is 4.90 Å². The zero-order valence-corrected chi connectivity index (χ0v) is 12.5. The normalized spacial score (nSPS) is 20.6. The second-order valence-corrected chi connectivity index (χ2v) is 7.56. The van der Waals surface area contributed by atoms with Gasteiger partial charge in [0.15, 0.2) is 0 Å². The van der Waals surface area contributed by atoms with Crippen molar-refractivity contribution in [2.24, 2.45) is 0 Å². The first-order chi connectivity index (χ1) is 9.65. The minimum absolute atomic E-state index is 0.105. The predicted octanol–water partition coefficient (Wildman–Crippen LogP) is 2.29. The van der Waals surface area contributed by atoms with E-state index in [4.69, 9.17) is 0 Å². The topological polar surface area (TPSA) is 58.2 Å². The highest BCUT2D eigenvalue weighted by Gasteiger charge is 2.22. The number of hydrogen-bond donors (Lipinski definition) is 2. The van der Waals surface area contributed by atoms with Crippen LogP contribution < -0.4 is 10.0 Å². The van der Waals surface area contributed by atoms with Gasteiger partial charge in [0, 0.05) is 19.1 Å². The highest BCUT2D eigenvalue weighted by Crippen LogP contribution is 2.22. The summed E-state index contributed by atoms with van der Waals surface area (Å²) in [5.74, 6) is 0. The molecule has 0 amide bonds. The van der Waals surface area contributed by atoms with E-state index in [0.29, 0.717) is 4.90 Å². The molecule has 0 unspecified atom stereocenters. The third kappa shape index (κ3) is 3.05. The summed E-state index contributed by atoms with van der Waals surface area (Å²) in [7, 11) is -3.38. The maximum atomic E-state index is 12.5. The van der Waals surface area contributed by atoms with Gasteiger partial charge in [-0.15, -0.1) is 0 Å². The Balaban J connectivity index is 1.77. The molecule has 0 atom stereocenters. The van der Waals surface area contributed by atoms with Gasteiger partial charge in [0.1, 0.15) is 0 Å². The van der Waals surface area contributed by atoms with Gasteiger partial charge in [-0.3, -0.25) is 0 Å². The molecular weight excluding hydrogens is 272 g/mol. The van der Waals surface area contributed by atoms with Gasteiger partial charge in [-0.05, 0) is 36.1 Å². The quantitative estimate of drug-likeness (QED) is 0.841. The smallest absolute Gasteiger partial charge is 0.240 e. The van der Waals surface area contributed by atoms with E-state index in [-0.39, 0.29) is 6.04 Å². The summed E-state index contributed by atoms with van der Waals surface area (Å²) in [6.07, 6.45) is 6.63. The Labute approximate surface area is 121 Å². The SMILES string of the molecule is O=S(=O)(NC1CCCCCC1)c1ccc2c(c1)CNC2. The largest absolute Gasteiger partial charge is 0.309 e. The van der Waals surface area contributed by atoms with Gasteiger partial charge in [0.2, 0.25) is 10.0 Å². The van der Waals surface area contributed by atoms with E-state index in [0.717, 1.165) is 44.3 Å². The van der Waals surface area contributed by atoms with Crippen LogP contribution in [-0.2, 0) is 23.1 Å². The molecule has 0 spiro atoms. The first-order valence-corrected chi connectivity index (χ1v) is 8.98. The van der Waals surface area contributed by atoms with Gasteiger partial charge >= 0.3 is 0 Å². The standard InChI is InChI=1S/C15H22N2O2S/c18-20(19,17-14-5-3-1-2-4-6-14)15-8-7-12-10-16-11-13(12)9-15/h7-9,14,16-17H,1-6,10-11H2. The second kappa shape index (κ2) is 5.84. The molecule has 1 saturated carbocycles. The summed E-state index contributed by atoms with van der Waals surface area (Å²) < 4.78 is 27.9. The monoisotopic (exact) mass is 294 g/mol. The Kier molecular flexibility index (Phi) is 4.10. The molecule has 1 aromatic rings. The lowest BCUT2D eigenvalue weighted by atomic mass is 10.1. The van der Waals surface area contributed by atoms with Crippen LogP contribution in [0.3, 0.4) is 0 Å². The summed E-state index contributed by atoms with van der Waals surface area (Å²) in [4.78, 5) is 0.407. The lowest BCUT2D eigenvalue weighted by Gasteiger charge is -2.16. The molecule has 1 fully saturated rings. The van der Waals surface area contributed by atoms with Crippen molar-refractivity contribution in [1.82, 2.24) is 10.0 Å². The fourth-order valence-corrected chi connectivity index (χ4v) is 4.48.